The van der Waals surface area contributed by atoms with Crippen molar-refractivity contribution in [2.75, 3.05) is 13.7 Å². The average Bonchev–Trinajstić information content (AvgIpc) is 3.44. The van der Waals surface area contributed by atoms with E-state index in [1.165, 1.54) is 24.0 Å². The van der Waals surface area contributed by atoms with E-state index in [9.17, 15) is 14.7 Å². The fraction of sp³-hybridized carbons (Fsp3) is 0.556. The molecule has 1 aromatic heterocycles. The van der Waals surface area contributed by atoms with Gasteiger partial charge in [-0.3, -0.25) is 4.79 Å². The van der Waals surface area contributed by atoms with Crippen LogP contribution in [0.5, 0.6) is 0 Å². The van der Waals surface area contributed by atoms with Crippen LogP contribution >= 0.6 is 11.3 Å². The normalized spacial score (nSPS) is 17.8. The molecule has 3 atom stereocenters. The second-order valence-corrected chi connectivity index (χ2v) is 10.3. The van der Waals surface area contributed by atoms with Gasteiger partial charge in [0.15, 0.2) is 0 Å². The number of esters is 1. The first-order valence-electron chi connectivity index (χ1n) is 12.2. The Bertz CT molecular complexity index is 881. The smallest absolute Gasteiger partial charge is 0.348 e. The molecule has 180 valence electrons. The van der Waals surface area contributed by atoms with E-state index >= 15 is 0 Å². The summed E-state index contributed by atoms with van der Waals surface area (Å²) in [5, 5.41) is 10.7. The topological polar surface area (TPSA) is 66.8 Å². The Morgan fingerprint density at radius 3 is 2.70 bits per heavy atom. The predicted molar refractivity (Wildman–Crippen MR) is 132 cm³/mol. The molecule has 6 heteroatoms. The summed E-state index contributed by atoms with van der Waals surface area (Å²) in [7, 11) is 1.39. The lowest BCUT2D eigenvalue weighted by Crippen LogP contribution is -2.35. The number of nitrogens with zero attached hydrogens (tertiary/aromatic N) is 1. The average molecular weight is 472 g/mol. The molecule has 1 saturated heterocycles. The number of likely N-dealkylation sites (tertiary alicyclic amines) is 1. The second-order valence-electron chi connectivity index (χ2n) is 9.14. The second kappa shape index (κ2) is 12.9. The number of carbonyl (C=O) groups excluding carboxylic acids is 2. The highest BCUT2D eigenvalue weighted by Crippen LogP contribution is 2.26. The van der Waals surface area contributed by atoms with Crippen molar-refractivity contribution in [2.45, 2.75) is 76.9 Å². The minimum absolute atomic E-state index is 0.229. The molecule has 0 bridgehead atoms. The van der Waals surface area contributed by atoms with Gasteiger partial charge in [0, 0.05) is 23.9 Å². The van der Waals surface area contributed by atoms with Crippen molar-refractivity contribution in [3.63, 3.8) is 0 Å². The number of aliphatic hydroxyl groups is 1. The van der Waals surface area contributed by atoms with E-state index in [0.29, 0.717) is 11.3 Å². The molecule has 1 aliphatic rings. The first kappa shape index (κ1) is 25.4. The molecule has 1 N–H and O–H groups in total. The zero-order valence-corrected chi connectivity index (χ0v) is 20.7. The van der Waals surface area contributed by atoms with Crippen LogP contribution in [0.3, 0.4) is 0 Å². The largest absolute Gasteiger partial charge is 0.465 e. The SMILES string of the molecule is COC(=O)c1ccc(CCCN2C(=O)CC[C@@H]2CC[C@@H](O)[C@@H](C)CCCc2ccccc2)s1. The van der Waals surface area contributed by atoms with Crippen LogP contribution in [0.4, 0.5) is 0 Å². The number of aryl methyl sites for hydroxylation is 2. The van der Waals surface area contributed by atoms with Crippen molar-refractivity contribution in [1.29, 1.82) is 0 Å². The highest BCUT2D eigenvalue weighted by Gasteiger charge is 2.31. The highest BCUT2D eigenvalue weighted by molar-refractivity contribution is 7.13. The van der Waals surface area contributed by atoms with Crippen molar-refractivity contribution in [3.05, 3.63) is 57.8 Å². The molecule has 3 rings (SSSR count). The lowest BCUT2D eigenvalue weighted by Gasteiger charge is -2.27. The number of thiophene rings is 1. The van der Waals surface area contributed by atoms with Gasteiger partial charge in [-0.05, 0) is 75.0 Å². The van der Waals surface area contributed by atoms with Crippen LogP contribution in [0.1, 0.15) is 72.0 Å². The van der Waals surface area contributed by atoms with E-state index in [2.05, 4.69) is 31.2 Å². The lowest BCUT2D eigenvalue weighted by atomic mass is 9.92. The van der Waals surface area contributed by atoms with Crippen molar-refractivity contribution in [3.8, 4) is 0 Å². The molecule has 33 heavy (non-hydrogen) atoms. The van der Waals surface area contributed by atoms with Gasteiger partial charge in [-0.25, -0.2) is 4.79 Å². The van der Waals surface area contributed by atoms with Gasteiger partial charge in [0.1, 0.15) is 4.88 Å². The summed E-state index contributed by atoms with van der Waals surface area (Å²) in [4.78, 5) is 27.8. The maximum absolute atomic E-state index is 12.4. The molecular weight excluding hydrogens is 434 g/mol. The lowest BCUT2D eigenvalue weighted by molar-refractivity contribution is -0.129. The Morgan fingerprint density at radius 1 is 1.15 bits per heavy atom. The summed E-state index contributed by atoms with van der Waals surface area (Å²) in [6.07, 6.45) is 7.65. The van der Waals surface area contributed by atoms with Gasteiger partial charge in [0.25, 0.3) is 0 Å². The number of carbonyl (C=O) groups is 2. The van der Waals surface area contributed by atoms with E-state index in [4.69, 9.17) is 4.74 Å². The summed E-state index contributed by atoms with van der Waals surface area (Å²) in [6, 6.07) is 14.5. The summed E-state index contributed by atoms with van der Waals surface area (Å²) >= 11 is 1.46. The zero-order chi connectivity index (χ0) is 23.6. The Hall–Kier alpha value is -2.18. The molecule has 0 unspecified atom stereocenters. The molecule has 0 spiro atoms. The molecule has 1 aromatic carbocycles. The van der Waals surface area contributed by atoms with E-state index in [1.54, 1.807) is 6.07 Å². The van der Waals surface area contributed by atoms with Gasteiger partial charge < -0.3 is 14.7 Å². The minimum Gasteiger partial charge on any atom is -0.465 e. The van der Waals surface area contributed by atoms with Crippen molar-refractivity contribution < 1.29 is 19.4 Å². The Morgan fingerprint density at radius 2 is 1.94 bits per heavy atom. The number of methoxy groups -OCH3 is 1. The number of hydrogen-bond donors (Lipinski definition) is 1. The summed E-state index contributed by atoms with van der Waals surface area (Å²) in [5.41, 5.74) is 1.35. The van der Waals surface area contributed by atoms with Crippen LogP contribution in [0.2, 0.25) is 0 Å². The molecule has 1 aliphatic heterocycles. The Labute approximate surface area is 201 Å². The van der Waals surface area contributed by atoms with Crippen LogP contribution < -0.4 is 0 Å². The van der Waals surface area contributed by atoms with Gasteiger partial charge in [-0.1, -0.05) is 37.3 Å². The molecule has 2 heterocycles. The third-order valence-electron chi connectivity index (χ3n) is 6.74. The predicted octanol–water partition coefficient (Wildman–Crippen LogP) is 5.26. The fourth-order valence-corrected chi connectivity index (χ4v) is 5.63. The Balaban J connectivity index is 1.38. The maximum Gasteiger partial charge on any atom is 0.348 e. The van der Waals surface area contributed by atoms with E-state index < -0.39 is 0 Å². The summed E-state index contributed by atoms with van der Waals surface area (Å²) in [5.74, 6) is 0.197. The van der Waals surface area contributed by atoms with E-state index in [-0.39, 0.29) is 29.9 Å². The quantitative estimate of drug-likeness (QED) is 0.405. The van der Waals surface area contributed by atoms with Crippen LogP contribution in [0.15, 0.2) is 42.5 Å². The molecule has 0 saturated carbocycles. The standard InChI is InChI=1S/C27H37NO4S/c1-20(8-6-11-21-9-4-3-5-10-21)24(29)16-13-22-14-18-26(30)28(22)19-7-12-23-15-17-25(33-23)27(31)32-2/h3-5,9-10,15,17,20,22,24,29H,6-8,11-14,16,18-19H2,1-2H3/t20-,22-,24+/m0/s1. The van der Waals surface area contributed by atoms with Gasteiger partial charge in [0.2, 0.25) is 5.91 Å². The highest BCUT2D eigenvalue weighted by atomic mass is 32.1. The number of hydrogen-bond acceptors (Lipinski definition) is 5. The first-order chi connectivity index (χ1) is 16.0. The molecule has 1 amide bonds. The molecule has 5 nitrogen and oxygen atoms in total. The van der Waals surface area contributed by atoms with E-state index in [1.807, 2.05) is 17.0 Å². The number of aliphatic hydroxyl groups excluding tert-OH is 1. The van der Waals surface area contributed by atoms with Gasteiger partial charge >= 0.3 is 5.97 Å². The monoisotopic (exact) mass is 471 g/mol. The van der Waals surface area contributed by atoms with Crippen molar-refractivity contribution in [1.82, 2.24) is 4.90 Å². The van der Waals surface area contributed by atoms with Gasteiger partial charge in [0.05, 0.1) is 13.2 Å². The maximum atomic E-state index is 12.4. The van der Waals surface area contributed by atoms with Crippen LogP contribution in [-0.4, -0.2) is 47.7 Å². The molecule has 2 aromatic rings. The zero-order valence-electron chi connectivity index (χ0n) is 19.9. The van der Waals surface area contributed by atoms with Crippen LogP contribution in [0, 0.1) is 5.92 Å². The molecule has 0 aliphatic carbocycles. The number of ether oxygens (including phenoxy) is 1. The third-order valence-corrected chi connectivity index (χ3v) is 7.87. The third kappa shape index (κ3) is 7.68. The molecular formula is C27H37NO4S. The van der Waals surface area contributed by atoms with Crippen molar-refractivity contribution >= 4 is 23.2 Å². The summed E-state index contributed by atoms with van der Waals surface area (Å²) < 4.78 is 4.77. The number of amides is 1. The number of rotatable bonds is 13. The Kier molecular flexibility index (Phi) is 9.95. The van der Waals surface area contributed by atoms with Gasteiger partial charge in [-0.15, -0.1) is 11.3 Å². The molecule has 1 fully saturated rings. The molecule has 0 radical (unpaired) electrons. The van der Waals surface area contributed by atoms with Gasteiger partial charge in [-0.2, -0.15) is 0 Å². The van der Waals surface area contributed by atoms with Crippen LogP contribution in [0.25, 0.3) is 0 Å². The van der Waals surface area contributed by atoms with Crippen molar-refractivity contribution in [2.24, 2.45) is 5.92 Å². The van der Waals surface area contributed by atoms with Crippen LogP contribution in [-0.2, 0) is 22.4 Å². The fourth-order valence-electron chi connectivity index (χ4n) is 4.66. The first-order valence-corrected chi connectivity index (χ1v) is 13.0. The minimum atomic E-state index is -0.318. The number of benzene rings is 1. The van der Waals surface area contributed by atoms with E-state index in [0.717, 1.165) is 62.8 Å². The summed E-state index contributed by atoms with van der Waals surface area (Å²) in [6.45, 7) is 2.87.